The molecule has 1 aliphatic rings. The van der Waals surface area contributed by atoms with Gasteiger partial charge in [-0.05, 0) is 27.7 Å². The monoisotopic (exact) mass is 256 g/mol. The van der Waals surface area contributed by atoms with Crippen molar-refractivity contribution in [3.05, 3.63) is 0 Å². The van der Waals surface area contributed by atoms with Gasteiger partial charge in [-0.2, -0.15) is 0 Å². The molecule has 0 N–H and O–H groups in total. The first-order valence-corrected chi connectivity index (χ1v) is 6.52. The highest BCUT2D eigenvalue weighted by molar-refractivity contribution is 5.76. The molecule has 0 aromatic rings. The lowest BCUT2D eigenvalue weighted by Gasteiger charge is -2.40. The molecule has 1 fully saturated rings. The maximum absolute atomic E-state index is 12.0. The fourth-order valence-corrected chi connectivity index (χ4v) is 2.00. The van der Waals surface area contributed by atoms with Crippen molar-refractivity contribution in [1.82, 2.24) is 9.80 Å². The summed E-state index contributed by atoms with van der Waals surface area (Å²) >= 11 is 0. The van der Waals surface area contributed by atoms with Crippen LogP contribution in [0.15, 0.2) is 0 Å². The molecule has 1 atom stereocenters. The summed E-state index contributed by atoms with van der Waals surface area (Å²) in [5.41, 5.74) is -0.479. The Labute approximate surface area is 109 Å². The van der Waals surface area contributed by atoms with Gasteiger partial charge in [0.25, 0.3) is 0 Å². The maximum atomic E-state index is 12.0. The number of hydrogen-bond acceptors (Lipinski definition) is 3. The highest BCUT2D eigenvalue weighted by Crippen LogP contribution is 2.16. The van der Waals surface area contributed by atoms with E-state index in [9.17, 15) is 9.59 Å². The summed E-state index contributed by atoms with van der Waals surface area (Å²) in [6, 6.07) is 0.00380. The Morgan fingerprint density at radius 1 is 1.28 bits per heavy atom. The van der Waals surface area contributed by atoms with Crippen molar-refractivity contribution < 1.29 is 14.3 Å². The number of carbonyl (C=O) groups excluding carboxylic acids is 2. The average molecular weight is 256 g/mol. The van der Waals surface area contributed by atoms with E-state index in [2.05, 4.69) is 0 Å². The molecular weight excluding hydrogens is 232 g/mol. The summed E-state index contributed by atoms with van der Waals surface area (Å²) in [5, 5.41) is 0. The molecule has 2 amide bonds. The van der Waals surface area contributed by atoms with E-state index in [1.54, 1.807) is 4.90 Å². The number of nitrogens with zero attached hydrogens (tertiary/aromatic N) is 2. The SMILES string of the molecule is CCC(=O)N1CCN(C(=O)OC(C)(C)C)[C@H](C)C1. The minimum absolute atomic E-state index is 0.00380. The standard InChI is InChI=1S/C13H24N2O3/c1-6-11(16)14-7-8-15(10(2)9-14)12(17)18-13(3,4)5/h10H,6-9H2,1-5H3/t10-/m1/s1. The number of carbonyl (C=O) groups is 2. The van der Waals surface area contributed by atoms with Gasteiger partial charge in [-0.1, -0.05) is 6.92 Å². The van der Waals surface area contributed by atoms with Crippen LogP contribution in [0.3, 0.4) is 0 Å². The minimum Gasteiger partial charge on any atom is -0.444 e. The van der Waals surface area contributed by atoms with Crippen molar-refractivity contribution in [3.63, 3.8) is 0 Å². The third-order valence-corrected chi connectivity index (χ3v) is 2.91. The lowest BCUT2D eigenvalue weighted by molar-refractivity contribution is -0.133. The van der Waals surface area contributed by atoms with E-state index < -0.39 is 5.60 Å². The molecule has 0 aliphatic carbocycles. The van der Waals surface area contributed by atoms with E-state index >= 15 is 0 Å². The van der Waals surface area contributed by atoms with Crippen molar-refractivity contribution >= 4 is 12.0 Å². The molecule has 5 heteroatoms. The van der Waals surface area contributed by atoms with Crippen LogP contribution in [-0.2, 0) is 9.53 Å². The molecule has 1 saturated heterocycles. The zero-order valence-corrected chi connectivity index (χ0v) is 12.0. The predicted octanol–water partition coefficient (Wildman–Crippen LogP) is 1.86. The third-order valence-electron chi connectivity index (χ3n) is 2.91. The Morgan fingerprint density at radius 3 is 2.33 bits per heavy atom. The Kier molecular flexibility index (Phi) is 4.59. The van der Waals surface area contributed by atoms with E-state index in [0.717, 1.165) is 0 Å². The Morgan fingerprint density at radius 2 is 1.89 bits per heavy atom. The van der Waals surface area contributed by atoms with Gasteiger partial charge < -0.3 is 14.5 Å². The van der Waals surface area contributed by atoms with Crippen LogP contribution >= 0.6 is 0 Å². The Balaban J connectivity index is 2.57. The molecule has 0 aromatic carbocycles. The van der Waals surface area contributed by atoms with E-state index in [1.807, 2.05) is 39.5 Å². The van der Waals surface area contributed by atoms with Gasteiger partial charge in [0.15, 0.2) is 0 Å². The molecule has 5 nitrogen and oxygen atoms in total. The Bertz CT molecular complexity index is 323. The van der Waals surface area contributed by atoms with E-state index in [4.69, 9.17) is 4.74 Å². The second-order valence-electron chi connectivity index (χ2n) is 5.72. The number of piperazine rings is 1. The van der Waals surface area contributed by atoms with Gasteiger partial charge in [-0.25, -0.2) is 4.79 Å². The fraction of sp³-hybridized carbons (Fsp3) is 0.846. The van der Waals surface area contributed by atoms with E-state index in [0.29, 0.717) is 26.1 Å². The summed E-state index contributed by atoms with van der Waals surface area (Å²) in [5.74, 6) is 0.144. The third kappa shape index (κ3) is 3.89. The molecule has 0 aromatic heterocycles. The molecule has 18 heavy (non-hydrogen) atoms. The van der Waals surface area contributed by atoms with Gasteiger partial charge >= 0.3 is 6.09 Å². The first-order valence-electron chi connectivity index (χ1n) is 6.52. The van der Waals surface area contributed by atoms with Crippen LogP contribution < -0.4 is 0 Å². The molecule has 104 valence electrons. The highest BCUT2D eigenvalue weighted by atomic mass is 16.6. The molecule has 1 rings (SSSR count). The molecule has 0 saturated carbocycles. The van der Waals surface area contributed by atoms with Gasteiger partial charge in [0.1, 0.15) is 5.60 Å². The van der Waals surface area contributed by atoms with Gasteiger partial charge in [0, 0.05) is 32.1 Å². The van der Waals surface area contributed by atoms with Gasteiger partial charge in [0.05, 0.1) is 0 Å². The van der Waals surface area contributed by atoms with E-state index in [1.165, 1.54) is 0 Å². The number of rotatable bonds is 1. The second kappa shape index (κ2) is 5.59. The summed E-state index contributed by atoms with van der Waals surface area (Å²) in [6.07, 6.45) is 0.220. The summed E-state index contributed by atoms with van der Waals surface area (Å²) in [4.78, 5) is 27.1. The zero-order chi connectivity index (χ0) is 13.9. The van der Waals surface area contributed by atoms with Crippen molar-refractivity contribution in [2.75, 3.05) is 19.6 Å². The van der Waals surface area contributed by atoms with Crippen LogP contribution in [0.25, 0.3) is 0 Å². The maximum Gasteiger partial charge on any atom is 0.410 e. The van der Waals surface area contributed by atoms with Crippen LogP contribution in [0.2, 0.25) is 0 Å². The largest absolute Gasteiger partial charge is 0.444 e. The van der Waals surface area contributed by atoms with Crippen LogP contribution in [0.4, 0.5) is 4.79 Å². The van der Waals surface area contributed by atoms with Crippen LogP contribution in [0.1, 0.15) is 41.0 Å². The first kappa shape index (κ1) is 14.8. The average Bonchev–Trinajstić information content (AvgIpc) is 2.25. The molecule has 0 unspecified atom stereocenters. The minimum atomic E-state index is -0.479. The Hall–Kier alpha value is -1.26. The smallest absolute Gasteiger partial charge is 0.410 e. The quantitative estimate of drug-likeness (QED) is 0.719. The van der Waals surface area contributed by atoms with E-state index in [-0.39, 0.29) is 18.0 Å². The molecule has 1 aliphatic heterocycles. The summed E-state index contributed by atoms with van der Waals surface area (Å²) < 4.78 is 5.35. The molecule has 1 heterocycles. The van der Waals surface area contributed by atoms with Crippen LogP contribution in [-0.4, -0.2) is 53.1 Å². The number of hydrogen-bond donors (Lipinski definition) is 0. The zero-order valence-electron chi connectivity index (χ0n) is 12.0. The number of ether oxygens (including phenoxy) is 1. The lowest BCUT2D eigenvalue weighted by Crippen LogP contribution is -2.56. The normalized spacial score (nSPS) is 20.8. The first-order chi connectivity index (χ1) is 8.24. The van der Waals surface area contributed by atoms with Gasteiger partial charge in [-0.15, -0.1) is 0 Å². The predicted molar refractivity (Wildman–Crippen MR) is 69.3 cm³/mol. The second-order valence-corrected chi connectivity index (χ2v) is 5.72. The van der Waals surface area contributed by atoms with Crippen molar-refractivity contribution in [2.24, 2.45) is 0 Å². The topological polar surface area (TPSA) is 49.9 Å². The summed E-state index contributed by atoms with van der Waals surface area (Å²) in [7, 11) is 0. The number of amides is 2. The molecule has 0 radical (unpaired) electrons. The lowest BCUT2D eigenvalue weighted by atomic mass is 10.2. The van der Waals surface area contributed by atoms with Crippen molar-refractivity contribution in [1.29, 1.82) is 0 Å². The van der Waals surface area contributed by atoms with Crippen molar-refractivity contribution in [3.8, 4) is 0 Å². The fourth-order valence-electron chi connectivity index (χ4n) is 2.00. The molecule has 0 bridgehead atoms. The molecular formula is C13H24N2O3. The molecule has 0 spiro atoms. The van der Waals surface area contributed by atoms with Crippen LogP contribution in [0, 0.1) is 0 Å². The highest BCUT2D eigenvalue weighted by Gasteiger charge is 2.31. The van der Waals surface area contributed by atoms with Crippen molar-refractivity contribution in [2.45, 2.75) is 52.7 Å². The van der Waals surface area contributed by atoms with Gasteiger partial charge in [-0.3, -0.25) is 4.79 Å². The van der Waals surface area contributed by atoms with Crippen LogP contribution in [0.5, 0.6) is 0 Å². The summed E-state index contributed by atoms with van der Waals surface area (Å²) in [6.45, 7) is 11.1. The van der Waals surface area contributed by atoms with Gasteiger partial charge in [0.2, 0.25) is 5.91 Å².